The zero-order valence-electron chi connectivity index (χ0n) is 14.4. The van der Waals surface area contributed by atoms with E-state index in [0.717, 1.165) is 0 Å². The third-order valence-electron chi connectivity index (χ3n) is 3.94. The van der Waals surface area contributed by atoms with E-state index in [4.69, 9.17) is 9.90 Å². The number of quaternary nitrogens is 1. The Kier molecular flexibility index (Phi) is 17.9. The first-order chi connectivity index (χ1) is 9.66. The lowest BCUT2D eigenvalue weighted by atomic mass is 10.1. The fraction of sp³-hybridized carbons (Fsp3) is 0.941. The maximum absolute atomic E-state index is 8.36. The van der Waals surface area contributed by atoms with Crippen molar-refractivity contribution < 1.29 is 14.4 Å². The number of hydrogen-bond acceptors (Lipinski definition) is 1. The van der Waals surface area contributed by atoms with Crippen LogP contribution in [0.1, 0.15) is 79.1 Å². The molecular weight excluding hydrogens is 250 g/mol. The maximum atomic E-state index is 8.36. The molecule has 0 aromatic rings. The summed E-state index contributed by atoms with van der Waals surface area (Å²) in [6.07, 6.45) is 11.1. The average molecular weight is 288 g/mol. The minimum Gasteiger partial charge on any atom is -0.483 e. The van der Waals surface area contributed by atoms with Gasteiger partial charge in [-0.3, -0.25) is 4.79 Å². The predicted octanol–water partition coefficient (Wildman–Crippen LogP) is 4.70. The molecule has 122 valence electrons. The van der Waals surface area contributed by atoms with E-state index in [1.165, 1.54) is 82.0 Å². The number of nitrogens with zero attached hydrogens (tertiary/aromatic N) is 1. The van der Waals surface area contributed by atoms with Crippen molar-refractivity contribution in [3.05, 3.63) is 0 Å². The van der Waals surface area contributed by atoms with E-state index >= 15 is 0 Å². The summed E-state index contributed by atoms with van der Waals surface area (Å²) >= 11 is 0. The molecule has 0 bridgehead atoms. The molecule has 0 amide bonds. The van der Waals surface area contributed by atoms with Crippen LogP contribution in [0.4, 0.5) is 0 Å². The SMILES string of the molecule is CCCC[N+](CCCC)(CCCC)CCCC.O=CO. The highest BCUT2D eigenvalue weighted by Gasteiger charge is 2.24. The number of unbranched alkanes of at least 4 members (excludes halogenated alkanes) is 4. The van der Waals surface area contributed by atoms with Crippen LogP contribution in [0.5, 0.6) is 0 Å². The summed E-state index contributed by atoms with van der Waals surface area (Å²) in [4.78, 5) is 8.36. The molecule has 3 heteroatoms. The van der Waals surface area contributed by atoms with Crippen molar-refractivity contribution in [3.8, 4) is 0 Å². The van der Waals surface area contributed by atoms with Crippen LogP contribution in [-0.4, -0.2) is 42.2 Å². The molecule has 20 heavy (non-hydrogen) atoms. The summed E-state index contributed by atoms with van der Waals surface area (Å²) < 4.78 is 1.42. The fourth-order valence-electron chi connectivity index (χ4n) is 2.64. The lowest BCUT2D eigenvalue weighted by Crippen LogP contribution is -2.50. The van der Waals surface area contributed by atoms with Crippen molar-refractivity contribution in [3.63, 3.8) is 0 Å². The molecular formula is C17H38NO2+. The van der Waals surface area contributed by atoms with E-state index < -0.39 is 0 Å². The highest BCUT2D eigenvalue weighted by atomic mass is 16.3. The first kappa shape index (κ1) is 21.7. The van der Waals surface area contributed by atoms with Gasteiger partial charge in [0.05, 0.1) is 26.2 Å². The third-order valence-corrected chi connectivity index (χ3v) is 3.94. The number of carbonyl (C=O) groups is 1. The first-order valence-electron chi connectivity index (χ1n) is 8.59. The van der Waals surface area contributed by atoms with Gasteiger partial charge in [0.15, 0.2) is 0 Å². The molecule has 0 aliphatic carbocycles. The van der Waals surface area contributed by atoms with Gasteiger partial charge in [-0.15, -0.1) is 0 Å². The molecule has 0 aliphatic rings. The molecule has 0 aromatic heterocycles. The van der Waals surface area contributed by atoms with Crippen LogP contribution in [0.2, 0.25) is 0 Å². The van der Waals surface area contributed by atoms with Crippen LogP contribution < -0.4 is 0 Å². The zero-order valence-corrected chi connectivity index (χ0v) is 14.4. The number of carboxylic acid groups (broad SMARTS) is 1. The van der Waals surface area contributed by atoms with Crippen LogP contribution in [0.3, 0.4) is 0 Å². The molecule has 0 saturated heterocycles. The van der Waals surface area contributed by atoms with Crippen LogP contribution >= 0.6 is 0 Å². The standard InChI is InChI=1S/C16H36N.CH2O2/c1-5-9-13-17(14-10-6-2,15-11-7-3)16-12-8-4;2-1-3/h5-16H2,1-4H3;1H,(H,2,3)/q+1;. The molecule has 0 atom stereocenters. The molecule has 0 spiro atoms. The van der Waals surface area contributed by atoms with E-state index in [2.05, 4.69) is 27.7 Å². The van der Waals surface area contributed by atoms with Crippen molar-refractivity contribution >= 4 is 6.47 Å². The Labute approximate surface area is 127 Å². The Morgan fingerprint density at radius 1 is 0.700 bits per heavy atom. The lowest BCUT2D eigenvalue weighted by molar-refractivity contribution is -0.929. The molecule has 0 saturated carbocycles. The maximum Gasteiger partial charge on any atom is 0.290 e. The highest BCUT2D eigenvalue weighted by molar-refractivity contribution is 5.32. The van der Waals surface area contributed by atoms with Crippen LogP contribution in [-0.2, 0) is 4.79 Å². The Morgan fingerprint density at radius 2 is 0.900 bits per heavy atom. The normalized spacial score (nSPS) is 10.8. The highest BCUT2D eigenvalue weighted by Crippen LogP contribution is 2.16. The first-order valence-corrected chi connectivity index (χ1v) is 8.59. The lowest BCUT2D eigenvalue weighted by Gasteiger charge is -2.39. The second kappa shape index (κ2) is 16.5. The molecule has 1 N–H and O–H groups in total. The summed E-state index contributed by atoms with van der Waals surface area (Å²) in [6.45, 7) is 14.8. The van der Waals surface area contributed by atoms with Gasteiger partial charge in [-0.05, 0) is 25.7 Å². The summed E-state index contributed by atoms with van der Waals surface area (Å²) in [7, 11) is 0. The van der Waals surface area contributed by atoms with Crippen molar-refractivity contribution in [1.82, 2.24) is 0 Å². The second-order valence-corrected chi connectivity index (χ2v) is 5.76. The van der Waals surface area contributed by atoms with Gasteiger partial charge >= 0.3 is 0 Å². The minimum atomic E-state index is -0.250. The van der Waals surface area contributed by atoms with Crippen LogP contribution in [0.15, 0.2) is 0 Å². The largest absolute Gasteiger partial charge is 0.483 e. The summed E-state index contributed by atoms with van der Waals surface area (Å²) in [5.74, 6) is 0. The van der Waals surface area contributed by atoms with Gasteiger partial charge in [0.2, 0.25) is 0 Å². The second-order valence-electron chi connectivity index (χ2n) is 5.76. The fourth-order valence-corrected chi connectivity index (χ4v) is 2.64. The molecule has 0 fully saturated rings. The van der Waals surface area contributed by atoms with Gasteiger partial charge in [-0.25, -0.2) is 0 Å². The van der Waals surface area contributed by atoms with Crippen molar-refractivity contribution in [2.45, 2.75) is 79.1 Å². The van der Waals surface area contributed by atoms with E-state index in [1.807, 2.05) is 0 Å². The number of rotatable bonds is 12. The molecule has 0 unspecified atom stereocenters. The van der Waals surface area contributed by atoms with E-state index in [-0.39, 0.29) is 6.47 Å². The Hall–Kier alpha value is -0.570. The Balaban J connectivity index is 0. The molecule has 0 aromatic carbocycles. The van der Waals surface area contributed by atoms with Crippen LogP contribution in [0, 0.1) is 0 Å². The van der Waals surface area contributed by atoms with Crippen molar-refractivity contribution in [2.24, 2.45) is 0 Å². The average Bonchev–Trinajstić information content (AvgIpc) is 2.46. The summed E-state index contributed by atoms with van der Waals surface area (Å²) in [5, 5.41) is 6.89. The molecule has 3 nitrogen and oxygen atoms in total. The van der Waals surface area contributed by atoms with E-state index in [0.29, 0.717) is 0 Å². The molecule has 0 rings (SSSR count). The quantitative estimate of drug-likeness (QED) is 0.417. The minimum absolute atomic E-state index is 0.250. The van der Waals surface area contributed by atoms with Gasteiger partial charge in [0.25, 0.3) is 6.47 Å². The smallest absolute Gasteiger partial charge is 0.290 e. The van der Waals surface area contributed by atoms with E-state index in [9.17, 15) is 0 Å². The monoisotopic (exact) mass is 288 g/mol. The molecule has 0 aliphatic heterocycles. The predicted molar refractivity (Wildman–Crippen MR) is 88.1 cm³/mol. The summed E-state index contributed by atoms with van der Waals surface area (Å²) in [5.41, 5.74) is 0. The van der Waals surface area contributed by atoms with Crippen molar-refractivity contribution in [2.75, 3.05) is 26.2 Å². The van der Waals surface area contributed by atoms with Gasteiger partial charge in [-0.1, -0.05) is 53.4 Å². The Bertz CT molecular complexity index is 158. The Morgan fingerprint density at radius 3 is 1.05 bits per heavy atom. The van der Waals surface area contributed by atoms with Gasteiger partial charge in [-0.2, -0.15) is 0 Å². The number of hydrogen-bond donors (Lipinski definition) is 1. The third kappa shape index (κ3) is 12.5. The van der Waals surface area contributed by atoms with Crippen LogP contribution in [0.25, 0.3) is 0 Å². The van der Waals surface area contributed by atoms with Gasteiger partial charge < -0.3 is 9.59 Å². The van der Waals surface area contributed by atoms with Crippen molar-refractivity contribution in [1.29, 1.82) is 0 Å². The molecule has 0 radical (unpaired) electrons. The topological polar surface area (TPSA) is 37.3 Å². The molecule has 0 heterocycles. The van der Waals surface area contributed by atoms with Gasteiger partial charge in [0.1, 0.15) is 0 Å². The van der Waals surface area contributed by atoms with Gasteiger partial charge in [0, 0.05) is 0 Å². The van der Waals surface area contributed by atoms with E-state index in [1.54, 1.807) is 0 Å². The summed E-state index contributed by atoms with van der Waals surface area (Å²) in [6, 6.07) is 0. The zero-order chi connectivity index (χ0) is 15.7.